The number of aromatic nitrogens is 2. The van der Waals surface area contributed by atoms with Crippen LogP contribution in [-0.4, -0.2) is 15.9 Å². The van der Waals surface area contributed by atoms with Crippen LogP contribution in [0.4, 0.5) is 5.82 Å². The van der Waals surface area contributed by atoms with Gasteiger partial charge in [0.1, 0.15) is 10.6 Å². The van der Waals surface area contributed by atoms with Gasteiger partial charge in [0.15, 0.2) is 12.4 Å². The second kappa shape index (κ2) is 6.83. The van der Waals surface area contributed by atoms with Crippen LogP contribution < -0.4 is 5.73 Å². The molecule has 0 saturated heterocycles. The Hall–Kier alpha value is -1.69. The Kier molecular flexibility index (Phi) is 4.80. The molecule has 0 saturated carbocycles. The lowest BCUT2D eigenvalue weighted by molar-refractivity contribution is -0.145. The highest BCUT2D eigenvalue weighted by Crippen LogP contribution is 2.37. The summed E-state index contributed by atoms with van der Waals surface area (Å²) >= 11 is 1.70. The van der Waals surface area contributed by atoms with Crippen molar-refractivity contribution in [1.29, 1.82) is 0 Å². The Balaban J connectivity index is 1.74. The van der Waals surface area contributed by atoms with Crippen molar-refractivity contribution in [3.05, 3.63) is 16.3 Å². The summed E-state index contributed by atoms with van der Waals surface area (Å²) in [6.45, 7) is 4.27. The number of rotatable bonds is 5. The van der Waals surface area contributed by atoms with Crippen molar-refractivity contribution in [3.63, 3.8) is 0 Å². The Morgan fingerprint density at radius 3 is 2.87 bits per heavy atom. The number of carbonyl (C=O) groups is 1. The van der Waals surface area contributed by atoms with E-state index in [-0.39, 0.29) is 12.6 Å². The summed E-state index contributed by atoms with van der Waals surface area (Å²) in [5, 5.41) is 1.01. The Labute approximate surface area is 140 Å². The lowest BCUT2D eigenvalue weighted by atomic mass is 9.97. The maximum absolute atomic E-state index is 11.7. The Morgan fingerprint density at radius 1 is 1.30 bits per heavy atom. The third-order valence-electron chi connectivity index (χ3n) is 4.18. The van der Waals surface area contributed by atoms with E-state index in [4.69, 9.17) is 10.5 Å². The van der Waals surface area contributed by atoms with Crippen LogP contribution in [0.2, 0.25) is 0 Å². The summed E-state index contributed by atoms with van der Waals surface area (Å²) in [7, 11) is 0. The molecule has 0 fully saturated rings. The summed E-state index contributed by atoms with van der Waals surface area (Å²) in [6.07, 6.45) is 5.86. The number of nitrogen functional groups attached to an aromatic ring is 1. The lowest BCUT2D eigenvalue weighted by Crippen LogP contribution is -2.09. The highest BCUT2D eigenvalue weighted by Gasteiger charge is 2.20. The van der Waals surface area contributed by atoms with E-state index >= 15 is 0 Å². The molecule has 124 valence electrons. The highest BCUT2D eigenvalue weighted by molar-refractivity contribution is 7.19. The van der Waals surface area contributed by atoms with Crippen LogP contribution in [0.25, 0.3) is 10.2 Å². The van der Waals surface area contributed by atoms with Crippen LogP contribution in [0.5, 0.6) is 0 Å². The first-order valence-electron chi connectivity index (χ1n) is 8.27. The molecule has 2 aromatic heterocycles. The topological polar surface area (TPSA) is 78.1 Å². The Bertz CT molecular complexity index is 724. The monoisotopic (exact) mass is 333 g/mol. The fourth-order valence-corrected chi connectivity index (χ4v) is 4.21. The molecule has 2 heterocycles. The molecule has 23 heavy (non-hydrogen) atoms. The number of nitrogens with two attached hydrogens (primary N) is 1. The van der Waals surface area contributed by atoms with Gasteiger partial charge in [-0.05, 0) is 43.6 Å². The fourth-order valence-electron chi connectivity index (χ4n) is 2.92. The maximum atomic E-state index is 11.7. The molecule has 6 heteroatoms. The number of carbonyl (C=O) groups excluding carboxylic acids is 1. The second-order valence-electron chi connectivity index (χ2n) is 6.51. The molecule has 0 aliphatic heterocycles. The van der Waals surface area contributed by atoms with Crippen LogP contribution in [0.3, 0.4) is 0 Å². The molecule has 0 atom stereocenters. The van der Waals surface area contributed by atoms with E-state index < -0.39 is 0 Å². The van der Waals surface area contributed by atoms with E-state index in [9.17, 15) is 4.79 Å². The van der Waals surface area contributed by atoms with Gasteiger partial charge in [0.25, 0.3) is 0 Å². The highest BCUT2D eigenvalue weighted by atomic mass is 32.1. The molecule has 0 unspecified atom stereocenters. The zero-order valence-electron chi connectivity index (χ0n) is 13.7. The van der Waals surface area contributed by atoms with Gasteiger partial charge in [0, 0.05) is 11.3 Å². The van der Waals surface area contributed by atoms with Crippen molar-refractivity contribution in [2.75, 3.05) is 5.73 Å². The van der Waals surface area contributed by atoms with E-state index in [1.165, 1.54) is 23.3 Å². The number of thiophene rings is 1. The third-order valence-corrected chi connectivity index (χ3v) is 5.36. The smallest absolute Gasteiger partial charge is 0.306 e. The summed E-state index contributed by atoms with van der Waals surface area (Å²) < 4.78 is 5.27. The second-order valence-corrected chi connectivity index (χ2v) is 7.59. The van der Waals surface area contributed by atoms with Crippen LogP contribution in [0, 0.1) is 5.92 Å². The van der Waals surface area contributed by atoms with E-state index in [1.807, 2.05) is 0 Å². The molecule has 3 rings (SSSR count). The largest absolute Gasteiger partial charge is 0.457 e. The predicted molar refractivity (Wildman–Crippen MR) is 92.3 cm³/mol. The zero-order valence-corrected chi connectivity index (χ0v) is 14.5. The van der Waals surface area contributed by atoms with Crippen LogP contribution in [-0.2, 0) is 29.0 Å². The van der Waals surface area contributed by atoms with Crippen molar-refractivity contribution < 1.29 is 9.53 Å². The maximum Gasteiger partial charge on any atom is 0.306 e. The molecule has 1 aliphatic carbocycles. The average Bonchev–Trinajstić information content (AvgIpc) is 2.89. The predicted octanol–water partition coefficient (Wildman–Crippen LogP) is 3.63. The lowest BCUT2D eigenvalue weighted by Gasteiger charge is -2.11. The molecule has 2 aromatic rings. The van der Waals surface area contributed by atoms with Crippen molar-refractivity contribution in [2.24, 2.45) is 5.92 Å². The summed E-state index contributed by atoms with van der Waals surface area (Å²) in [4.78, 5) is 22.9. The van der Waals surface area contributed by atoms with Gasteiger partial charge in [-0.2, -0.15) is 0 Å². The van der Waals surface area contributed by atoms with E-state index in [1.54, 1.807) is 11.3 Å². The quantitative estimate of drug-likeness (QED) is 0.845. The standard InChI is InChI=1S/C17H23N3O2S/c1-10(2)7-8-14(21)22-9-13-19-16(18)15-11-5-3-4-6-12(11)23-17(15)20-13/h10H,3-9H2,1-2H3,(H2,18,19,20). The van der Waals surface area contributed by atoms with Crippen molar-refractivity contribution >= 4 is 33.3 Å². The van der Waals surface area contributed by atoms with Gasteiger partial charge >= 0.3 is 5.97 Å². The first-order valence-corrected chi connectivity index (χ1v) is 9.08. The van der Waals surface area contributed by atoms with Crippen LogP contribution in [0.1, 0.15) is 55.8 Å². The number of ether oxygens (including phenoxy) is 1. The molecular formula is C17H23N3O2S. The molecule has 5 nitrogen and oxygen atoms in total. The first kappa shape index (κ1) is 16.2. The minimum absolute atomic E-state index is 0.0969. The number of hydrogen-bond donors (Lipinski definition) is 1. The number of anilines is 1. The normalized spacial score (nSPS) is 14.2. The molecule has 0 bridgehead atoms. The van der Waals surface area contributed by atoms with Crippen molar-refractivity contribution in [3.8, 4) is 0 Å². The van der Waals surface area contributed by atoms with Crippen LogP contribution in [0.15, 0.2) is 0 Å². The summed E-state index contributed by atoms with van der Waals surface area (Å²) in [5.41, 5.74) is 7.47. The average molecular weight is 333 g/mol. The number of aryl methyl sites for hydroxylation is 2. The molecule has 2 N–H and O–H groups in total. The first-order chi connectivity index (χ1) is 11.0. The number of fused-ring (bicyclic) bond motifs is 3. The Morgan fingerprint density at radius 2 is 2.09 bits per heavy atom. The van der Waals surface area contributed by atoms with Gasteiger partial charge in [-0.3, -0.25) is 4.79 Å². The van der Waals surface area contributed by atoms with Crippen LogP contribution >= 0.6 is 11.3 Å². The van der Waals surface area contributed by atoms with Gasteiger partial charge in [-0.1, -0.05) is 13.8 Å². The third kappa shape index (κ3) is 3.63. The minimum atomic E-state index is -0.202. The zero-order chi connectivity index (χ0) is 16.4. The number of nitrogens with zero attached hydrogens (tertiary/aromatic N) is 2. The van der Waals surface area contributed by atoms with Crippen molar-refractivity contribution in [2.45, 2.75) is 59.0 Å². The van der Waals surface area contributed by atoms with Crippen molar-refractivity contribution in [1.82, 2.24) is 9.97 Å². The SMILES string of the molecule is CC(C)CCC(=O)OCc1nc(N)c2c3c(sc2n1)CCCC3. The minimum Gasteiger partial charge on any atom is -0.457 e. The van der Waals surface area contributed by atoms with E-state index in [0.717, 1.165) is 29.5 Å². The van der Waals surface area contributed by atoms with Gasteiger partial charge < -0.3 is 10.5 Å². The van der Waals surface area contributed by atoms with Gasteiger partial charge in [0.2, 0.25) is 0 Å². The molecule has 0 amide bonds. The molecule has 0 aromatic carbocycles. The number of hydrogen-bond acceptors (Lipinski definition) is 6. The fraction of sp³-hybridized carbons (Fsp3) is 0.588. The molecular weight excluding hydrogens is 310 g/mol. The molecule has 0 spiro atoms. The van der Waals surface area contributed by atoms with Gasteiger partial charge in [0.05, 0.1) is 5.39 Å². The molecule has 0 radical (unpaired) electrons. The van der Waals surface area contributed by atoms with E-state index in [2.05, 4.69) is 23.8 Å². The number of esters is 1. The summed E-state index contributed by atoms with van der Waals surface area (Å²) in [6, 6.07) is 0. The van der Waals surface area contributed by atoms with Gasteiger partial charge in [-0.25, -0.2) is 9.97 Å². The van der Waals surface area contributed by atoms with Gasteiger partial charge in [-0.15, -0.1) is 11.3 Å². The molecule has 1 aliphatic rings. The van der Waals surface area contributed by atoms with E-state index in [0.29, 0.717) is 24.0 Å². The summed E-state index contributed by atoms with van der Waals surface area (Å²) in [5.74, 6) is 1.30.